The fourth-order valence-corrected chi connectivity index (χ4v) is 3.96. The van der Waals surface area contributed by atoms with Crippen LogP contribution in [-0.4, -0.2) is 35.1 Å². The van der Waals surface area contributed by atoms with Gasteiger partial charge in [-0.15, -0.1) is 0 Å². The standard InChI is InChI=1S/C20H19ClN6O5/c21-10-5-7-11(8-6-10)22-20-25-17-16(19(30)26-20)12(9-15(28)24-17)18(29)23-13-3-1-2-4-14(13)27(31)32/h1-8,12,16-17,20,22,25H,9H2,(H,23,29)(H,24,28)(H,26,30). The molecule has 2 heterocycles. The van der Waals surface area contributed by atoms with Gasteiger partial charge in [-0.1, -0.05) is 23.7 Å². The molecule has 3 amide bonds. The van der Waals surface area contributed by atoms with Crippen molar-refractivity contribution in [3.8, 4) is 0 Å². The van der Waals surface area contributed by atoms with Crippen LogP contribution in [0.15, 0.2) is 48.5 Å². The molecule has 11 nitrogen and oxygen atoms in total. The summed E-state index contributed by atoms with van der Waals surface area (Å²) in [6.45, 7) is 0. The van der Waals surface area contributed by atoms with Crippen molar-refractivity contribution in [2.24, 2.45) is 11.8 Å². The van der Waals surface area contributed by atoms with Crippen LogP contribution in [0.1, 0.15) is 6.42 Å². The molecule has 0 saturated carbocycles. The number of hydrogen-bond donors (Lipinski definition) is 5. The van der Waals surface area contributed by atoms with E-state index in [4.69, 9.17) is 11.6 Å². The van der Waals surface area contributed by atoms with Crippen LogP contribution in [-0.2, 0) is 14.4 Å². The lowest BCUT2D eigenvalue weighted by Crippen LogP contribution is -2.72. The van der Waals surface area contributed by atoms with Gasteiger partial charge in [0.05, 0.1) is 22.9 Å². The highest BCUT2D eigenvalue weighted by atomic mass is 35.5. The van der Waals surface area contributed by atoms with Gasteiger partial charge in [-0.3, -0.25) is 29.8 Å². The van der Waals surface area contributed by atoms with Crippen molar-refractivity contribution in [3.05, 3.63) is 63.7 Å². The quantitative estimate of drug-likeness (QED) is 0.335. The number of anilines is 2. The third-order valence-corrected chi connectivity index (χ3v) is 5.55. The molecule has 2 fully saturated rings. The van der Waals surface area contributed by atoms with E-state index in [9.17, 15) is 24.5 Å². The van der Waals surface area contributed by atoms with Gasteiger partial charge in [-0.25, -0.2) is 0 Å². The molecular formula is C20H19ClN6O5. The molecule has 2 aliphatic heterocycles. The summed E-state index contributed by atoms with van der Waals surface area (Å²) in [6.07, 6.45) is -1.74. The smallest absolute Gasteiger partial charge is 0.292 e. The number of carbonyl (C=O) groups is 3. The molecule has 0 bridgehead atoms. The Bertz CT molecular complexity index is 1080. The molecule has 0 radical (unpaired) electrons. The molecule has 166 valence electrons. The Kier molecular flexibility index (Phi) is 5.93. The number of nitro benzene ring substituents is 1. The Hall–Kier alpha value is -3.70. The number of halogens is 1. The number of fused-ring (bicyclic) bond motifs is 1. The summed E-state index contributed by atoms with van der Waals surface area (Å²) in [5.41, 5.74) is 0.395. The SMILES string of the molecule is O=C1CC(C(=O)Nc2ccccc2[N+](=O)[O-])C2C(=O)NC(Nc3ccc(Cl)cc3)NC2N1. The second-order valence-corrected chi connectivity index (χ2v) is 7.84. The van der Waals surface area contributed by atoms with Gasteiger partial charge in [-0.2, -0.15) is 0 Å². The molecule has 32 heavy (non-hydrogen) atoms. The molecule has 5 N–H and O–H groups in total. The fourth-order valence-electron chi connectivity index (χ4n) is 3.83. The second kappa shape index (κ2) is 8.81. The molecule has 0 spiro atoms. The van der Waals surface area contributed by atoms with Crippen molar-refractivity contribution in [1.29, 1.82) is 0 Å². The first kappa shape index (κ1) is 21.5. The predicted molar refractivity (Wildman–Crippen MR) is 115 cm³/mol. The molecule has 0 aliphatic carbocycles. The molecule has 2 aromatic rings. The lowest BCUT2D eigenvalue weighted by molar-refractivity contribution is -0.383. The number of piperidine rings is 1. The van der Waals surface area contributed by atoms with Gasteiger partial charge in [0.15, 0.2) is 6.29 Å². The summed E-state index contributed by atoms with van der Waals surface area (Å²) in [5, 5.41) is 25.8. The van der Waals surface area contributed by atoms with E-state index in [0.29, 0.717) is 10.7 Å². The third kappa shape index (κ3) is 4.48. The van der Waals surface area contributed by atoms with E-state index in [0.717, 1.165) is 0 Å². The maximum absolute atomic E-state index is 12.9. The van der Waals surface area contributed by atoms with E-state index in [2.05, 4.69) is 26.6 Å². The Morgan fingerprint density at radius 2 is 1.81 bits per heavy atom. The molecule has 2 aliphatic rings. The number of nitrogens with zero attached hydrogens (tertiary/aromatic N) is 1. The van der Waals surface area contributed by atoms with Gasteiger partial charge in [0.25, 0.3) is 5.69 Å². The highest BCUT2D eigenvalue weighted by Crippen LogP contribution is 2.30. The summed E-state index contributed by atoms with van der Waals surface area (Å²) in [4.78, 5) is 48.7. The van der Waals surface area contributed by atoms with E-state index < -0.39 is 46.9 Å². The van der Waals surface area contributed by atoms with Gasteiger partial charge >= 0.3 is 0 Å². The maximum atomic E-state index is 12.9. The highest BCUT2D eigenvalue weighted by Gasteiger charge is 2.48. The predicted octanol–water partition coefficient (Wildman–Crippen LogP) is 1.38. The first-order valence-corrected chi connectivity index (χ1v) is 10.1. The summed E-state index contributed by atoms with van der Waals surface area (Å²) in [6, 6.07) is 12.5. The van der Waals surface area contributed by atoms with Crippen molar-refractivity contribution >= 4 is 46.4 Å². The van der Waals surface area contributed by atoms with Crippen molar-refractivity contribution in [2.75, 3.05) is 10.6 Å². The monoisotopic (exact) mass is 458 g/mol. The number of rotatable bonds is 5. The minimum Gasteiger partial charge on any atom is -0.353 e. The van der Waals surface area contributed by atoms with Gasteiger partial charge < -0.3 is 21.3 Å². The number of amides is 3. The van der Waals surface area contributed by atoms with Gasteiger partial charge in [0.2, 0.25) is 17.7 Å². The molecule has 4 atom stereocenters. The van der Waals surface area contributed by atoms with Gasteiger partial charge in [0.1, 0.15) is 5.69 Å². The zero-order valence-corrected chi connectivity index (χ0v) is 17.3. The largest absolute Gasteiger partial charge is 0.353 e. The molecule has 4 unspecified atom stereocenters. The van der Waals surface area contributed by atoms with Crippen LogP contribution in [0, 0.1) is 22.0 Å². The van der Waals surface area contributed by atoms with E-state index in [1.165, 1.54) is 18.2 Å². The summed E-state index contributed by atoms with van der Waals surface area (Å²) >= 11 is 5.88. The number of hydrogen-bond acceptors (Lipinski definition) is 7. The summed E-state index contributed by atoms with van der Waals surface area (Å²) in [5.74, 6) is -3.43. The van der Waals surface area contributed by atoms with Crippen molar-refractivity contribution in [1.82, 2.24) is 16.0 Å². The van der Waals surface area contributed by atoms with Crippen LogP contribution in [0.25, 0.3) is 0 Å². The van der Waals surface area contributed by atoms with Crippen LogP contribution >= 0.6 is 11.6 Å². The molecular weight excluding hydrogens is 440 g/mol. The van der Waals surface area contributed by atoms with Crippen LogP contribution in [0.3, 0.4) is 0 Å². The minimum atomic E-state index is -1.02. The summed E-state index contributed by atoms with van der Waals surface area (Å²) < 4.78 is 0. The van der Waals surface area contributed by atoms with E-state index in [1.807, 2.05) is 0 Å². The normalized spacial score (nSPS) is 24.5. The lowest BCUT2D eigenvalue weighted by atomic mass is 9.81. The molecule has 0 aromatic heterocycles. The number of nitro groups is 1. The Labute approximate surface area is 187 Å². The first-order chi connectivity index (χ1) is 15.3. The number of benzene rings is 2. The van der Waals surface area contributed by atoms with Crippen molar-refractivity contribution in [3.63, 3.8) is 0 Å². The van der Waals surface area contributed by atoms with E-state index in [1.54, 1.807) is 30.3 Å². The van der Waals surface area contributed by atoms with Crippen LogP contribution in [0.5, 0.6) is 0 Å². The zero-order chi connectivity index (χ0) is 22.8. The second-order valence-electron chi connectivity index (χ2n) is 7.40. The molecule has 2 aromatic carbocycles. The first-order valence-electron chi connectivity index (χ1n) is 9.74. The lowest BCUT2D eigenvalue weighted by Gasteiger charge is -2.43. The highest BCUT2D eigenvalue weighted by molar-refractivity contribution is 6.30. The van der Waals surface area contributed by atoms with E-state index >= 15 is 0 Å². The van der Waals surface area contributed by atoms with Crippen LogP contribution in [0.2, 0.25) is 5.02 Å². The topological polar surface area (TPSA) is 154 Å². The third-order valence-electron chi connectivity index (χ3n) is 5.30. The average Bonchev–Trinajstić information content (AvgIpc) is 2.74. The minimum absolute atomic E-state index is 0.00325. The molecule has 4 rings (SSSR count). The molecule has 12 heteroatoms. The molecule has 2 saturated heterocycles. The Morgan fingerprint density at radius 1 is 1.09 bits per heavy atom. The van der Waals surface area contributed by atoms with Crippen molar-refractivity contribution < 1.29 is 19.3 Å². The number of para-hydroxylation sites is 2. The van der Waals surface area contributed by atoms with Gasteiger partial charge in [0, 0.05) is 23.2 Å². The number of nitrogens with one attached hydrogen (secondary N) is 5. The maximum Gasteiger partial charge on any atom is 0.292 e. The van der Waals surface area contributed by atoms with Crippen LogP contribution in [0.4, 0.5) is 17.1 Å². The van der Waals surface area contributed by atoms with E-state index in [-0.39, 0.29) is 17.8 Å². The van der Waals surface area contributed by atoms with Crippen LogP contribution < -0.4 is 26.6 Å². The summed E-state index contributed by atoms with van der Waals surface area (Å²) in [7, 11) is 0. The Balaban J connectivity index is 1.50. The zero-order valence-electron chi connectivity index (χ0n) is 16.5. The average molecular weight is 459 g/mol. The van der Waals surface area contributed by atoms with Crippen molar-refractivity contribution in [2.45, 2.75) is 18.9 Å². The fraction of sp³-hybridized carbons (Fsp3) is 0.250. The Morgan fingerprint density at radius 3 is 2.53 bits per heavy atom. The number of carbonyl (C=O) groups excluding carboxylic acids is 3. The van der Waals surface area contributed by atoms with Gasteiger partial charge in [-0.05, 0) is 30.3 Å².